The lowest BCUT2D eigenvalue weighted by Gasteiger charge is -2.22. The molecule has 0 aliphatic carbocycles. The first kappa shape index (κ1) is 16.0. The molecule has 1 heterocycles. The molecule has 4 heteroatoms. The molecule has 0 spiro atoms. The second kappa shape index (κ2) is 6.89. The Morgan fingerprint density at radius 3 is 2.75 bits per heavy atom. The van der Waals surface area contributed by atoms with Crippen LogP contribution in [0.25, 0.3) is 0 Å². The van der Waals surface area contributed by atoms with Crippen LogP contribution in [0.3, 0.4) is 0 Å². The summed E-state index contributed by atoms with van der Waals surface area (Å²) in [6, 6.07) is 0. The van der Waals surface area contributed by atoms with Crippen molar-refractivity contribution in [3.63, 3.8) is 0 Å². The van der Waals surface area contributed by atoms with Crippen LogP contribution in [0.2, 0.25) is 0 Å². The number of rotatable bonds is 5. The summed E-state index contributed by atoms with van der Waals surface area (Å²) in [6.07, 6.45) is 11.6. The molecule has 1 aliphatic heterocycles. The fourth-order valence-corrected chi connectivity index (χ4v) is 1.86. The maximum Gasteiger partial charge on any atom is 0.383 e. The summed E-state index contributed by atoms with van der Waals surface area (Å²) >= 11 is 0. The van der Waals surface area contributed by atoms with Gasteiger partial charge in [0.1, 0.15) is 11.3 Å². The number of carbonyl (C=O) groups is 1. The highest BCUT2D eigenvalue weighted by atomic mass is 19.3. The summed E-state index contributed by atoms with van der Waals surface area (Å²) in [6.45, 7) is 9.38. The van der Waals surface area contributed by atoms with Gasteiger partial charge in [-0.1, -0.05) is 37.8 Å². The van der Waals surface area contributed by atoms with Gasteiger partial charge in [-0.15, -0.1) is 0 Å². The van der Waals surface area contributed by atoms with Gasteiger partial charge < -0.3 is 4.74 Å². The quantitative estimate of drug-likeness (QED) is 0.710. The molecule has 0 bridgehead atoms. The molecule has 1 rings (SSSR count). The number of ether oxygens (including phenoxy) is 1. The van der Waals surface area contributed by atoms with Gasteiger partial charge in [-0.3, -0.25) is 0 Å². The van der Waals surface area contributed by atoms with Gasteiger partial charge in [0.2, 0.25) is 0 Å². The Morgan fingerprint density at radius 2 is 2.20 bits per heavy atom. The molecule has 1 aliphatic rings. The zero-order valence-corrected chi connectivity index (χ0v) is 12.0. The minimum absolute atomic E-state index is 0.0252. The van der Waals surface area contributed by atoms with Crippen LogP contribution >= 0.6 is 0 Å². The van der Waals surface area contributed by atoms with Crippen LogP contribution in [0.1, 0.15) is 27.2 Å². The third kappa shape index (κ3) is 3.26. The van der Waals surface area contributed by atoms with Crippen molar-refractivity contribution >= 4 is 5.97 Å². The summed E-state index contributed by atoms with van der Waals surface area (Å²) < 4.78 is 17.9. The van der Waals surface area contributed by atoms with Crippen LogP contribution in [-0.4, -0.2) is 11.6 Å². The predicted octanol–water partition coefficient (Wildman–Crippen LogP) is 4.11. The minimum Gasteiger partial charge on any atom is -0.478 e. The van der Waals surface area contributed by atoms with Crippen LogP contribution in [-0.2, 0) is 14.5 Å². The highest BCUT2D eigenvalue weighted by Gasteiger charge is 2.41. The normalized spacial score (nSPS) is 23.3. The summed E-state index contributed by atoms with van der Waals surface area (Å²) in [5, 5.41) is 0. The lowest BCUT2D eigenvalue weighted by atomic mass is 9.92. The first-order valence-electron chi connectivity index (χ1n) is 6.43. The molecule has 3 nitrogen and oxygen atoms in total. The average Bonchev–Trinajstić information content (AvgIpc) is 2.67. The summed E-state index contributed by atoms with van der Waals surface area (Å²) in [5.41, 5.74) is -0.497. The van der Waals surface area contributed by atoms with Gasteiger partial charge in [0.15, 0.2) is 5.60 Å². The van der Waals surface area contributed by atoms with Gasteiger partial charge in [-0.2, -0.15) is 0 Å². The van der Waals surface area contributed by atoms with E-state index in [4.69, 9.17) is 4.74 Å². The zero-order valence-electron chi connectivity index (χ0n) is 12.0. The van der Waals surface area contributed by atoms with Crippen LogP contribution in [0, 0.1) is 0 Å². The lowest BCUT2D eigenvalue weighted by molar-refractivity contribution is -0.177. The van der Waals surface area contributed by atoms with Crippen LogP contribution in [0.4, 0.5) is 4.53 Å². The van der Waals surface area contributed by atoms with E-state index in [0.717, 1.165) is 6.42 Å². The van der Waals surface area contributed by atoms with Gasteiger partial charge in [0, 0.05) is 10.1 Å². The van der Waals surface area contributed by atoms with E-state index in [1.165, 1.54) is 0 Å². The second-order valence-electron chi connectivity index (χ2n) is 4.49. The van der Waals surface area contributed by atoms with E-state index < -0.39 is 11.6 Å². The first-order chi connectivity index (χ1) is 9.50. The molecule has 0 amide bonds. The van der Waals surface area contributed by atoms with Gasteiger partial charge in [0.25, 0.3) is 0 Å². The van der Waals surface area contributed by atoms with Gasteiger partial charge in [0.05, 0.1) is 0 Å². The molecule has 0 fully saturated rings. The van der Waals surface area contributed by atoms with E-state index in [1.54, 1.807) is 32.1 Å². The summed E-state index contributed by atoms with van der Waals surface area (Å²) in [5.74, 6) is -0.837. The van der Waals surface area contributed by atoms with Crippen molar-refractivity contribution in [1.29, 1.82) is 0 Å². The predicted molar refractivity (Wildman–Crippen MR) is 76.2 cm³/mol. The van der Waals surface area contributed by atoms with Gasteiger partial charge >= 0.3 is 5.97 Å². The molecule has 108 valence electrons. The molecule has 0 saturated heterocycles. The molecule has 0 radical (unpaired) electrons. The molecular weight excluding hydrogens is 259 g/mol. The maximum absolute atomic E-state index is 12.2. The minimum atomic E-state index is -1.09. The van der Waals surface area contributed by atoms with E-state index in [2.05, 4.69) is 11.5 Å². The van der Waals surface area contributed by atoms with E-state index in [-0.39, 0.29) is 11.3 Å². The van der Waals surface area contributed by atoms with Crippen molar-refractivity contribution in [2.45, 2.75) is 32.8 Å². The van der Waals surface area contributed by atoms with Gasteiger partial charge in [-0.25, -0.2) is 9.74 Å². The monoisotopic (exact) mass is 278 g/mol. The Labute approximate surface area is 118 Å². The largest absolute Gasteiger partial charge is 0.478 e. The lowest BCUT2D eigenvalue weighted by Crippen LogP contribution is -2.23. The molecule has 0 N–H and O–H groups in total. The highest BCUT2D eigenvalue weighted by Crippen LogP contribution is 2.40. The number of hydrogen-bond donors (Lipinski definition) is 0. The van der Waals surface area contributed by atoms with Crippen molar-refractivity contribution in [2.24, 2.45) is 0 Å². The van der Waals surface area contributed by atoms with Crippen LogP contribution in [0.15, 0.2) is 59.9 Å². The Balaban J connectivity index is 3.09. The van der Waals surface area contributed by atoms with E-state index in [0.29, 0.717) is 5.57 Å². The van der Waals surface area contributed by atoms with Crippen molar-refractivity contribution in [2.75, 3.05) is 0 Å². The maximum atomic E-state index is 12.2. The molecule has 20 heavy (non-hydrogen) atoms. The Kier molecular flexibility index (Phi) is 5.50. The Hall–Kier alpha value is -2.10. The average molecular weight is 278 g/mol. The second-order valence-corrected chi connectivity index (χ2v) is 4.49. The van der Waals surface area contributed by atoms with Crippen molar-refractivity contribution < 1.29 is 19.0 Å². The van der Waals surface area contributed by atoms with Gasteiger partial charge in [-0.05, 0) is 32.4 Å². The van der Waals surface area contributed by atoms with E-state index in [9.17, 15) is 9.32 Å². The van der Waals surface area contributed by atoms with E-state index in [1.807, 2.05) is 25.2 Å². The molecule has 0 unspecified atom stereocenters. The molecule has 0 aromatic rings. The Morgan fingerprint density at radius 1 is 1.50 bits per heavy atom. The topological polar surface area (TPSA) is 35.5 Å². The molecule has 1 atom stereocenters. The molecule has 0 aromatic heterocycles. The summed E-state index contributed by atoms with van der Waals surface area (Å²) in [7, 11) is 0. The van der Waals surface area contributed by atoms with Crippen molar-refractivity contribution in [1.82, 2.24) is 0 Å². The first-order valence-corrected chi connectivity index (χ1v) is 6.43. The van der Waals surface area contributed by atoms with Crippen molar-refractivity contribution in [3.8, 4) is 0 Å². The standard InChI is InChI=1S/C16H19FO3/c1-5-7-8-9-11-16(4)12(3)14(15(18)20-17)13(19-16)10-6-2/h6-11H,3,5H2,1-2,4H3/b8-7+,10-6+,11-9+/t16-/m0/s1. The Bertz CT molecular complexity index is 512. The molecular formula is C16H19FO3. The molecule has 0 saturated carbocycles. The summed E-state index contributed by atoms with van der Waals surface area (Å²) in [4.78, 5) is 14.8. The number of halogens is 1. The number of carbonyl (C=O) groups excluding carboxylic acids is 1. The highest BCUT2D eigenvalue weighted by molar-refractivity contribution is 5.95. The fraction of sp³-hybridized carbons (Fsp3) is 0.312. The van der Waals surface area contributed by atoms with Crippen LogP contribution < -0.4 is 0 Å². The number of allylic oxidation sites excluding steroid dienone is 5. The third-order valence-electron chi connectivity index (χ3n) is 2.96. The smallest absolute Gasteiger partial charge is 0.383 e. The number of hydrogen-bond acceptors (Lipinski definition) is 3. The molecule has 0 aromatic carbocycles. The fourth-order valence-electron chi connectivity index (χ4n) is 1.86. The third-order valence-corrected chi connectivity index (χ3v) is 2.96. The van der Waals surface area contributed by atoms with Crippen LogP contribution in [0.5, 0.6) is 0 Å². The van der Waals surface area contributed by atoms with Crippen molar-refractivity contribution in [3.05, 3.63) is 59.9 Å². The zero-order chi connectivity index (χ0) is 15.2. The van der Waals surface area contributed by atoms with E-state index >= 15 is 0 Å². The SMILES string of the molecule is C=C1C(C(=O)OF)=C(/C=C/C)O[C@@]1(C)/C=C/C=C/CC.